The number of thioether (sulfide) groups is 1. The fourth-order valence-electron chi connectivity index (χ4n) is 1.78. The molecule has 1 aliphatic rings. The lowest BCUT2D eigenvalue weighted by Gasteiger charge is -2.23. The Morgan fingerprint density at radius 2 is 2.38 bits per heavy atom. The van der Waals surface area contributed by atoms with Crippen molar-refractivity contribution in [3.05, 3.63) is 18.1 Å². The van der Waals surface area contributed by atoms with Gasteiger partial charge in [0.2, 0.25) is 0 Å². The van der Waals surface area contributed by atoms with Gasteiger partial charge in [0.1, 0.15) is 5.03 Å². The molecule has 0 radical (unpaired) electrons. The van der Waals surface area contributed by atoms with Crippen LogP contribution >= 0.6 is 11.8 Å². The number of rotatable bonds is 4. The van der Waals surface area contributed by atoms with E-state index in [2.05, 4.69) is 15.3 Å². The second-order valence-electron chi connectivity index (χ2n) is 3.79. The highest BCUT2D eigenvalue weighted by molar-refractivity contribution is 7.98. The molecule has 5 heteroatoms. The highest BCUT2D eigenvalue weighted by Crippen LogP contribution is 2.17. The average molecular weight is 239 g/mol. The molecule has 0 aliphatic carbocycles. The fraction of sp³-hybridized carbons (Fsp3) is 0.636. The number of hydrogen-bond donors (Lipinski definition) is 1. The smallest absolute Gasteiger partial charge is 0.120 e. The van der Waals surface area contributed by atoms with Crippen molar-refractivity contribution in [3.8, 4) is 0 Å². The molecule has 1 aromatic heterocycles. The van der Waals surface area contributed by atoms with Gasteiger partial charge in [-0.2, -0.15) is 0 Å². The maximum absolute atomic E-state index is 5.83. The number of nitrogens with zero attached hydrogens (tertiary/aromatic N) is 2. The lowest BCUT2D eigenvalue weighted by atomic mass is 10.1. The summed E-state index contributed by atoms with van der Waals surface area (Å²) >= 11 is 1.61. The SMILES string of the molecule is CSc1nccnc1CO[C@H]1CCCNC1. The fourth-order valence-corrected chi connectivity index (χ4v) is 2.30. The van der Waals surface area contributed by atoms with E-state index in [1.54, 1.807) is 24.2 Å². The maximum Gasteiger partial charge on any atom is 0.120 e. The van der Waals surface area contributed by atoms with Crippen molar-refractivity contribution in [1.29, 1.82) is 0 Å². The molecule has 1 N–H and O–H groups in total. The molecule has 1 fully saturated rings. The molecule has 0 bridgehead atoms. The van der Waals surface area contributed by atoms with E-state index in [4.69, 9.17) is 4.74 Å². The Labute approximate surface area is 100 Å². The minimum absolute atomic E-state index is 0.325. The summed E-state index contributed by atoms with van der Waals surface area (Å²) in [5.41, 5.74) is 0.945. The zero-order chi connectivity index (χ0) is 11.2. The minimum atomic E-state index is 0.325. The molecule has 2 heterocycles. The summed E-state index contributed by atoms with van der Waals surface area (Å²) in [4.78, 5) is 8.57. The van der Waals surface area contributed by atoms with Gasteiger partial charge in [0, 0.05) is 18.9 Å². The molecule has 0 aromatic carbocycles. The first kappa shape index (κ1) is 11.8. The molecule has 0 spiro atoms. The molecule has 0 saturated carbocycles. The van der Waals surface area contributed by atoms with Gasteiger partial charge in [-0.3, -0.25) is 4.98 Å². The molecule has 88 valence electrons. The molecule has 1 atom stereocenters. The first-order valence-electron chi connectivity index (χ1n) is 5.56. The van der Waals surface area contributed by atoms with E-state index >= 15 is 0 Å². The topological polar surface area (TPSA) is 47.0 Å². The number of hydrogen-bond acceptors (Lipinski definition) is 5. The molecule has 1 saturated heterocycles. The summed E-state index contributed by atoms with van der Waals surface area (Å²) < 4.78 is 5.83. The van der Waals surface area contributed by atoms with Crippen molar-refractivity contribution in [1.82, 2.24) is 15.3 Å². The molecular weight excluding hydrogens is 222 g/mol. The van der Waals surface area contributed by atoms with Crippen LogP contribution in [0.15, 0.2) is 17.4 Å². The molecular formula is C11H17N3OS. The minimum Gasteiger partial charge on any atom is -0.370 e. The van der Waals surface area contributed by atoms with E-state index in [0.717, 1.165) is 30.2 Å². The number of aromatic nitrogens is 2. The average Bonchev–Trinajstić information content (AvgIpc) is 2.38. The molecule has 4 nitrogen and oxygen atoms in total. The van der Waals surface area contributed by atoms with Gasteiger partial charge in [0.05, 0.1) is 18.4 Å². The molecule has 1 aliphatic heterocycles. The highest BCUT2D eigenvalue weighted by Gasteiger charge is 2.14. The quantitative estimate of drug-likeness (QED) is 0.806. The van der Waals surface area contributed by atoms with E-state index in [1.165, 1.54) is 6.42 Å². The second kappa shape index (κ2) is 6.18. The third kappa shape index (κ3) is 3.17. The molecule has 1 aromatic rings. The third-order valence-corrected chi connectivity index (χ3v) is 3.36. The number of ether oxygens (including phenoxy) is 1. The Bertz CT molecular complexity index is 329. The van der Waals surface area contributed by atoms with Gasteiger partial charge >= 0.3 is 0 Å². The third-order valence-electron chi connectivity index (χ3n) is 2.64. The van der Waals surface area contributed by atoms with Crippen molar-refractivity contribution < 1.29 is 4.74 Å². The summed E-state index contributed by atoms with van der Waals surface area (Å²) in [7, 11) is 0. The predicted octanol–water partition coefficient (Wildman–Crippen LogP) is 1.47. The van der Waals surface area contributed by atoms with Crippen LogP contribution in [0, 0.1) is 0 Å². The van der Waals surface area contributed by atoms with Crippen LogP contribution in [-0.2, 0) is 11.3 Å². The normalized spacial score (nSPS) is 20.9. The van der Waals surface area contributed by atoms with Crippen molar-refractivity contribution in [2.45, 2.75) is 30.6 Å². The summed E-state index contributed by atoms with van der Waals surface area (Å²) in [5, 5.41) is 4.30. The van der Waals surface area contributed by atoms with Gasteiger partial charge in [-0.1, -0.05) is 0 Å². The van der Waals surface area contributed by atoms with Crippen molar-refractivity contribution in [2.75, 3.05) is 19.3 Å². The Morgan fingerprint density at radius 3 is 3.12 bits per heavy atom. The van der Waals surface area contributed by atoms with E-state index < -0.39 is 0 Å². The first-order chi connectivity index (χ1) is 7.90. The van der Waals surface area contributed by atoms with Crippen LogP contribution < -0.4 is 5.32 Å². The van der Waals surface area contributed by atoms with Gasteiger partial charge < -0.3 is 10.1 Å². The Morgan fingerprint density at radius 1 is 1.50 bits per heavy atom. The van der Waals surface area contributed by atoms with Crippen LogP contribution in [-0.4, -0.2) is 35.4 Å². The molecule has 2 rings (SSSR count). The zero-order valence-corrected chi connectivity index (χ0v) is 10.3. The lowest BCUT2D eigenvalue weighted by Crippen LogP contribution is -2.35. The summed E-state index contributed by atoms with van der Waals surface area (Å²) in [6, 6.07) is 0. The van der Waals surface area contributed by atoms with Gasteiger partial charge in [-0.25, -0.2) is 4.98 Å². The summed E-state index contributed by atoms with van der Waals surface area (Å²) in [6.07, 6.45) is 8.11. The Kier molecular flexibility index (Phi) is 4.56. The van der Waals surface area contributed by atoms with E-state index in [1.807, 2.05) is 6.26 Å². The highest BCUT2D eigenvalue weighted by atomic mass is 32.2. The standard InChI is InChI=1S/C11H17N3OS/c1-16-11-10(13-5-6-14-11)8-15-9-3-2-4-12-7-9/h5-6,9,12H,2-4,7-8H2,1H3/t9-/m0/s1. The van der Waals surface area contributed by atoms with Gasteiger partial charge in [-0.05, 0) is 25.6 Å². The van der Waals surface area contributed by atoms with Crippen LogP contribution in [0.2, 0.25) is 0 Å². The van der Waals surface area contributed by atoms with Gasteiger partial charge in [-0.15, -0.1) is 11.8 Å². The first-order valence-corrected chi connectivity index (χ1v) is 6.79. The molecule has 0 unspecified atom stereocenters. The van der Waals surface area contributed by atoms with E-state index in [0.29, 0.717) is 12.7 Å². The van der Waals surface area contributed by atoms with Crippen molar-refractivity contribution >= 4 is 11.8 Å². The van der Waals surface area contributed by atoms with Crippen LogP contribution in [0.1, 0.15) is 18.5 Å². The second-order valence-corrected chi connectivity index (χ2v) is 4.59. The van der Waals surface area contributed by atoms with Crippen LogP contribution in [0.5, 0.6) is 0 Å². The lowest BCUT2D eigenvalue weighted by molar-refractivity contribution is 0.0222. The monoisotopic (exact) mass is 239 g/mol. The van der Waals surface area contributed by atoms with Crippen LogP contribution in [0.3, 0.4) is 0 Å². The predicted molar refractivity (Wildman–Crippen MR) is 64.5 cm³/mol. The van der Waals surface area contributed by atoms with E-state index in [9.17, 15) is 0 Å². The van der Waals surface area contributed by atoms with Crippen LogP contribution in [0.25, 0.3) is 0 Å². The number of nitrogens with one attached hydrogen (secondary N) is 1. The summed E-state index contributed by atoms with van der Waals surface area (Å²) in [6.45, 7) is 2.63. The zero-order valence-electron chi connectivity index (χ0n) is 9.48. The molecule has 0 amide bonds. The van der Waals surface area contributed by atoms with Crippen molar-refractivity contribution in [2.24, 2.45) is 0 Å². The van der Waals surface area contributed by atoms with Gasteiger partial charge in [0.25, 0.3) is 0 Å². The van der Waals surface area contributed by atoms with Crippen LogP contribution in [0.4, 0.5) is 0 Å². The largest absolute Gasteiger partial charge is 0.370 e. The Balaban J connectivity index is 1.88. The molecule has 16 heavy (non-hydrogen) atoms. The Hall–Kier alpha value is -0.650. The van der Waals surface area contributed by atoms with Crippen molar-refractivity contribution in [3.63, 3.8) is 0 Å². The maximum atomic E-state index is 5.83. The number of piperidine rings is 1. The van der Waals surface area contributed by atoms with Gasteiger partial charge in [0.15, 0.2) is 0 Å². The van der Waals surface area contributed by atoms with E-state index in [-0.39, 0.29) is 0 Å². The summed E-state index contributed by atoms with van der Waals surface area (Å²) in [5.74, 6) is 0.